The molecule has 4 rings (SSSR count). The number of thioether (sulfide) groups is 1. The lowest BCUT2D eigenvalue weighted by Gasteiger charge is -2.16. The Morgan fingerprint density at radius 1 is 1.06 bits per heavy atom. The van der Waals surface area contributed by atoms with Gasteiger partial charge in [-0.25, -0.2) is 0 Å². The molecule has 3 aromatic carbocycles. The summed E-state index contributed by atoms with van der Waals surface area (Å²) >= 11 is 14.3. The third-order valence-electron chi connectivity index (χ3n) is 5.23. The first-order valence-electron chi connectivity index (χ1n) is 11.0. The summed E-state index contributed by atoms with van der Waals surface area (Å²) in [4.78, 5) is 12.6. The molecular formula is C27H24Cl2N4OS. The molecule has 1 amide bonds. The molecule has 1 heterocycles. The van der Waals surface area contributed by atoms with Gasteiger partial charge in [0.2, 0.25) is 5.91 Å². The monoisotopic (exact) mass is 522 g/mol. The smallest absolute Gasteiger partial charge is 0.244 e. The van der Waals surface area contributed by atoms with Gasteiger partial charge in [-0.1, -0.05) is 95.1 Å². The Morgan fingerprint density at radius 2 is 1.86 bits per heavy atom. The summed E-state index contributed by atoms with van der Waals surface area (Å²) in [5.41, 5.74) is 4.02. The van der Waals surface area contributed by atoms with Gasteiger partial charge in [0.1, 0.15) is 0 Å². The molecular weight excluding hydrogens is 499 g/mol. The Morgan fingerprint density at radius 3 is 2.60 bits per heavy atom. The minimum Gasteiger partial charge on any atom is -0.343 e. The number of carbonyl (C=O) groups is 1. The van der Waals surface area contributed by atoms with Crippen molar-refractivity contribution in [2.24, 2.45) is 0 Å². The van der Waals surface area contributed by atoms with E-state index < -0.39 is 6.04 Å². The molecule has 4 aromatic rings. The molecule has 178 valence electrons. The summed E-state index contributed by atoms with van der Waals surface area (Å²) < 4.78 is 1.88. The van der Waals surface area contributed by atoms with Crippen LogP contribution < -0.4 is 5.32 Å². The van der Waals surface area contributed by atoms with Gasteiger partial charge in [0, 0.05) is 16.9 Å². The van der Waals surface area contributed by atoms with E-state index in [4.69, 9.17) is 23.2 Å². The standard InChI is InChI=1S/C27H24Cl2N4OS/c1-18-7-6-10-21(15-18)17-35-27-32-31-26(33(27)24-13-12-22(28)16-23(24)29)19(2)30-25(34)14-11-20-8-4-3-5-9-20/h3-16,19H,17H2,1-2H3,(H,30,34)/b14-11+. The lowest BCUT2D eigenvalue weighted by molar-refractivity contribution is -0.117. The predicted octanol–water partition coefficient (Wildman–Crippen LogP) is 7.07. The number of aryl methyl sites for hydroxylation is 1. The van der Waals surface area contributed by atoms with Crippen LogP contribution in [0.25, 0.3) is 11.8 Å². The number of hydrogen-bond donors (Lipinski definition) is 1. The van der Waals surface area contributed by atoms with Gasteiger partial charge < -0.3 is 5.32 Å². The quantitative estimate of drug-likeness (QED) is 0.198. The molecule has 0 aliphatic rings. The zero-order valence-corrected chi connectivity index (χ0v) is 21.6. The van der Waals surface area contributed by atoms with Crippen LogP contribution in [0.5, 0.6) is 0 Å². The molecule has 1 unspecified atom stereocenters. The highest BCUT2D eigenvalue weighted by Gasteiger charge is 2.22. The molecule has 8 heteroatoms. The molecule has 0 radical (unpaired) electrons. The van der Waals surface area contributed by atoms with Crippen molar-refractivity contribution in [3.05, 3.63) is 111 Å². The van der Waals surface area contributed by atoms with E-state index in [0.717, 1.165) is 5.56 Å². The largest absolute Gasteiger partial charge is 0.343 e. The zero-order valence-electron chi connectivity index (χ0n) is 19.3. The van der Waals surface area contributed by atoms with E-state index in [1.807, 2.05) is 54.0 Å². The molecule has 0 saturated heterocycles. The van der Waals surface area contributed by atoms with Crippen LogP contribution in [0.15, 0.2) is 84.0 Å². The molecule has 0 aliphatic heterocycles. The fourth-order valence-corrected chi connectivity index (χ4v) is 4.94. The summed E-state index contributed by atoms with van der Waals surface area (Å²) in [6.45, 7) is 3.94. The molecule has 0 bridgehead atoms. The maximum Gasteiger partial charge on any atom is 0.244 e. The number of rotatable bonds is 8. The third-order valence-corrected chi connectivity index (χ3v) is 6.77. The molecule has 0 saturated carbocycles. The number of amides is 1. The molecule has 1 aromatic heterocycles. The second kappa shape index (κ2) is 11.6. The minimum absolute atomic E-state index is 0.230. The van der Waals surface area contributed by atoms with Crippen LogP contribution in [0, 0.1) is 6.92 Å². The Kier molecular flexibility index (Phi) is 8.29. The topological polar surface area (TPSA) is 59.8 Å². The summed E-state index contributed by atoms with van der Waals surface area (Å²) in [7, 11) is 0. The Bertz CT molecular complexity index is 1350. The number of halogens is 2. The SMILES string of the molecule is Cc1cccc(CSc2nnc(C(C)NC(=O)/C=C/c3ccccc3)n2-c2ccc(Cl)cc2Cl)c1. The molecule has 1 atom stereocenters. The van der Waals surface area contributed by atoms with Crippen LogP contribution >= 0.6 is 35.0 Å². The van der Waals surface area contributed by atoms with Crippen molar-refractivity contribution in [2.45, 2.75) is 30.8 Å². The zero-order chi connectivity index (χ0) is 24.8. The van der Waals surface area contributed by atoms with E-state index >= 15 is 0 Å². The number of hydrogen-bond acceptors (Lipinski definition) is 4. The highest BCUT2D eigenvalue weighted by molar-refractivity contribution is 7.98. The Balaban J connectivity index is 1.60. The van der Waals surface area contributed by atoms with E-state index in [0.29, 0.717) is 32.5 Å². The maximum absolute atomic E-state index is 12.6. The van der Waals surface area contributed by atoms with Gasteiger partial charge in [-0.2, -0.15) is 0 Å². The van der Waals surface area contributed by atoms with Gasteiger partial charge in [0.25, 0.3) is 0 Å². The summed E-state index contributed by atoms with van der Waals surface area (Å²) in [5, 5.41) is 13.5. The maximum atomic E-state index is 12.6. The van der Waals surface area contributed by atoms with Crippen molar-refractivity contribution in [3.63, 3.8) is 0 Å². The fraction of sp³-hybridized carbons (Fsp3) is 0.148. The molecule has 35 heavy (non-hydrogen) atoms. The van der Waals surface area contributed by atoms with Gasteiger partial charge in [-0.15, -0.1) is 10.2 Å². The van der Waals surface area contributed by atoms with E-state index in [9.17, 15) is 4.79 Å². The highest BCUT2D eigenvalue weighted by Crippen LogP contribution is 2.32. The van der Waals surface area contributed by atoms with Crippen molar-refractivity contribution in [2.75, 3.05) is 0 Å². The lowest BCUT2D eigenvalue weighted by Crippen LogP contribution is -2.27. The van der Waals surface area contributed by atoms with Crippen molar-refractivity contribution in [1.29, 1.82) is 0 Å². The first kappa shape index (κ1) is 25.0. The van der Waals surface area contributed by atoms with Crippen LogP contribution in [0.1, 0.15) is 35.5 Å². The van der Waals surface area contributed by atoms with Crippen molar-refractivity contribution < 1.29 is 4.79 Å². The van der Waals surface area contributed by atoms with Crippen LogP contribution in [-0.4, -0.2) is 20.7 Å². The molecule has 1 N–H and O–H groups in total. The molecule has 0 spiro atoms. The van der Waals surface area contributed by atoms with Crippen LogP contribution in [0.2, 0.25) is 10.0 Å². The number of nitrogens with one attached hydrogen (secondary N) is 1. The van der Waals surface area contributed by atoms with Crippen molar-refractivity contribution in [3.8, 4) is 5.69 Å². The molecule has 5 nitrogen and oxygen atoms in total. The highest BCUT2D eigenvalue weighted by atomic mass is 35.5. The van der Waals surface area contributed by atoms with Gasteiger partial charge in [-0.3, -0.25) is 9.36 Å². The number of nitrogens with zero attached hydrogens (tertiary/aromatic N) is 3. The Hall–Kier alpha value is -3.06. The van der Waals surface area contributed by atoms with Gasteiger partial charge >= 0.3 is 0 Å². The van der Waals surface area contributed by atoms with Crippen LogP contribution in [0.3, 0.4) is 0 Å². The van der Waals surface area contributed by atoms with Gasteiger partial charge in [0.05, 0.1) is 16.8 Å². The Labute approximate surface area is 219 Å². The summed E-state index contributed by atoms with van der Waals surface area (Å²) in [6.07, 6.45) is 3.28. The second-order valence-electron chi connectivity index (χ2n) is 8.02. The fourth-order valence-electron chi connectivity index (χ4n) is 3.56. The number of carbonyl (C=O) groups excluding carboxylic acids is 1. The predicted molar refractivity (Wildman–Crippen MR) is 144 cm³/mol. The van der Waals surface area contributed by atoms with E-state index in [-0.39, 0.29) is 5.91 Å². The van der Waals surface area contributed by atoms with E-state index in [1.54, 1.807) is 30.0 Å². The summed E-state index contributed by atoms with van der Waals surface area (Å²) in [5.74, 6) is 1.06. The van der Waals surface area contributed by atoms with E-state index in [2.05, 4.69) is 40.6 Å². The number of benzene rings is 3. The first-order valence-corrected chi connectivity index (χ1v) is 12.8. The molecule has 0 fully saturated rings. The van der Waals surface area contributed by atoms with Crippen molar-refractivity contribution in [1.82, 2.24) is 20.1 Å². The first-order chi connectivity index (χ1) is 16.9. The minimum atomic E-state index is -0.421. The third kappa shape index (κ3) is 6.54. The number of aromatic nitrogens is 3. The summed E-state index contributed by atoms with van der Waals surface area (Å²) in [6, 6.07) is 22.9. The lowest BCUT2D eigenvalue weighted by atomic mass is 10.2. The van der Waals surface area contributed by atoms with Crippen LogP contribution in [-0.2, 0) is 10.5 Å². The average molecular weight is 523 g/mol. The van der Waals surface area contributed by atoms with E-state index in [1.165, 1.54) is 17.2 Å². The van der Waals surface area contributed by atoms with Gasteiger partial charge in [0.15, 0.2) is 11.0 Å². The average Bonchev–Trinajstić information content (AvgIpc) is 3.26. The normalized spacial score (nSPS) is 12.1. The van der Waals surface area contributed by atoms with Gasteiger partial charge in [-0.05, 0) is 49.2 Å². The molecule has 0 aliphatic carbocycles. The second-order valence-corrected chi connectivity index (χ2v) is 9.81. The van der Waals surface area contributed by atoms with Crippen molar-refractivity contribution >= 4 is 46.9 Å². The van der Waals surface area contributed by atoms with Crippen LogP contribution in [0.4, 0.5) is 0 Å².